The zero-order valence-electron chi connectivity index (χ0n) is 13.6. The number of nitrogens with zero attached hydrogens (tertiary/aromatic N) is 1. The van der Waals surface area contributed by atoms with Gasteiger partial charge >= 0.3 is 0 Å². The van der Waals surface area contributed by atoms with E-state index in [9.17, 15) is 14.9 Å². The van der Waals surface area contributed by atoms with Crippen LogP contribution in [0.3, 0.4) is 0 Å². The molecule has 1 fully saturated rings. The van der Waals surface area contributed by atoms with E-state index in [0.29, 0.717) is 16.6 Å². The van der Waals surface area contributed by atoms with E-state index in [4.69, 9.17) is 4.74 Å². The third-order valence-corrected chi connectivity index (χ3v) is 5.13. The molecule has 1 aliphatic rings. The number of hydrogen-bond acceptors (Lipinski definition) is 5. The topological polar surface area (TPSA) is 81.5 Å². The van der Waals surface area contributed by atoms with Crippen molar-refractivity contribution in [2.45, 2.75) is 43.5 Å². The molecule has 0 heterocycles. The summed E-state index contributed by atoms with van der Waals surface area (Å²) in [6.45, 7) is 2.11. The van der Waals surface area contributed by atoms with E-state index in [2.05, 4.69) is 12.2 Å². The lowest BCUT2D eigenvalue weighted by Crippen LogP contribution is -2.41. The highest BCUT2D eigenvalue weighted by molar-refractivity contribution is 7.98. The minimum atomic E-state index is -0.536. The molecule has 0 spiro atoms. The highest BCUT2D eigenvalue weighted by Gasteiger charge is 2.28. The summed E-state index contributed by atoms with van der Waals surface area (Å²) >= 11 is 1.39. The summed E-state index contributed by atoms with van der Waals surface area (Å²) in [5.74, 6) is 0.421. The van der Waals surface area contributed by atoms with E-state index in [-0.39, 0.29) is 23.2 Å². The van der Waals surface area contributed by atoms with Gasteiger partial charge in [0.25, 0.3) is 11.6 Å². The Labute approximate surface area is 140 Å². The van der Waals surface area contributed by atoms with E-state index in [1.807, 2.05) is 6.26 Å². The lowest BCUT2D eigenvalue weighted by Gasteiger charge is -2.29. The fourth-order valence-electron chi connectivity index (χ4n) is 2.98. The maximum Gasteiger partial charge on any atom is 0.285 e. The number of nitro benzene ring substituents is 1. The van der Waals surface area contributed by atoms with Gasteiger partial charge < -0.3 is 10.1 Å². The van der Waals surface area contributed by atoms with Crippen molar-refractivity contribution in [3.63, 3.8) is 0 Å². The van der Waals surface area contributed by atoms with E-state index in [1.54, 1.807) is 6.07 Å². The van der Waals surface area contributed by atoms with Crippen molar-refractivity contribution in [1.82, 2.24) is 5.32 Å². The van der Waals surface area contributed by atoms with Crippen molar-refractivity contribution in [3.05, 3.63) is 27.8 Å². The summed E-state index contributed by atoms with van der Waals surface area (Å²) in [6, 6.07) is 2.95. The van der Waals surface area contributed by atoms with Gasteiger partial charge in [-0.25, -0.2) is 0 Å². The van der Waals surface area contributed by atoms with E-state index < -0.39 is 4.92 Å². The number of nitrogens with one attached hydrogen (secondary N) is 1. The van der Waals surface area contributed by atoms with Crippen LogP contribution >= 0.6 is 11.8 Å². The van der Waals surface area contributed by atoms with Crippen molar-refractivity contribution in [2.75, 3.05) is 13.4 Å². The van der Waals surface area contributed by atoms with Crippen molar-refractivity contribution >= 4 is 23.4 Å². The number of nitro groups is 1. The summed E-state index contributed by atoms with van der Waals surface area (Å²) < 4.78 is 5.17. The van der Waals surface area contributed by atoms with Crippen LogP contribution in [0.25, 0.3) is 0 Å². The molecule has 23 heavy (non-hydrogen) atoms. The number of carbonyl (C=O) groups excluding carboxylic acids is 1. The van der Waals surface area contributed by atoms with Crippen LogP contribution in [0.15, 0.2) is 17.0 Å². The largest absolute Gasteiger partial charge is 0.495 e. The highest BCUT2D eigenvalue weighted by Crippen LogP contribution is 2.34. The number of rotatable bonds is 5. The van der Waals surface area contributed by atoms with Gasteiger partial charge in [-0.3, -0.25) is 14.9 Å². The van der Waals surface area contributed by atoms with Crippen LogP contribution in [0.5, 0.6) is 5.75 Å². The summed E-state index contributed by atoms with van der Waals surface area (Å²) in [7, 11) is 1.46. The standard InChI is InChI=1S/C16H22N2O4S/c1-10-6-4-5-7-12(10)17-16(19)11-8-15(23-3)14(22-2)9-13(11)18(20)21/h8-10,12H,4-7H2,1-3H3,(H,17,19)/t10-,12+/m0/s1. The Bertz CT molecular complexity index is 606. The van der Waals surface area contributed by atoms with Gasteiger partial charge in [0.05, 0.1) is 23.0 Å². The van der Waals surface area contributed by atoms with Crippen LogP contribution in [0.2, 0.25) is 0 Å². The number of thioether (sulfide) groups is 1. The molecule has 126 valence electrons. The normalized spacial score (nSPS) is 20.8. The molecule has 2 atom stereocenters. The number of methoxy groups -OCH3 is 1. The van der Waals surface area contributed by atoms with Crippen LogP contribution in [-0.2, 0) is 0 Å². The van der Waals surface area contributed by atoms with Crippen LogP contribution in [-0.4, -0.2) is 30.2 Å². The molecule has 1 N–H and O–H groups in total. The molecule has 0 saturated heterocycles. The molecule has 0 unspecified atom stereocenters. The molecule has 0 bridgehead atoms. The third-order valence-electron chi connectivity index (χ3n) is 4.37. The first-order chi connectivity index (χ1) is 11.0. The fourth-order valence-corrected chi connectivity index (χ4v) is 3.56. The Balaban J connectivity index is 2.32. The van der Waals surface area contributed by atoms with Crippen LogP contribution in [0, 0.1) is 16.0 Å². The molecule has 1 aromatic carbocycles. The first kappa shape index (κ1) is 17.6. The smallest absolute Gasteiger partial charge is 0.285 e. The average molecular weight is 338 g/mol. The van der Waals surface area contributed by atoms with Gasteiger partial charge in [0, 0.05) is 6.04 Å². The zero-order chi connectivity index (χ0) is 17.0. The molecular formula is C16H22N2O4S. The molecule has 6 nitrogen and oxygen atoms in total. The fraction of sp³-hybridized carbons (Fsp3) is 0.562. The minimum Gasteiger partial charge on any atom is -0.495 e. The van der Waals surface area contributed by atoms with Gasteiger partial charge in [-0.05, 0) is 31.1 Å². The second-order valence-corrected chi connectivity index (χ2v) is 6.67. The summed E-state index contributed by atoms with van der Waals surface area (Å²) in [5.41, 5.74) is -0.126. The molecule has 0 radical (unpaired) electrons. The van der Waals surface area contributed by atoms with E-state index in [0.717, 1.165) is 19.3 Å². The number of amides is 1. The van der Waals surface area contributed by atoms with Gasteiger partial charge in [0.1, 0.15) is 11.3 Å². The highest BCUT2D eigenvalue weighted by atomic mass is 32.2. The second kappa shape index (κ2) is 7.68. The maximum atomic E-state index is 12.6. The molecule has 0 aromatic heterocycles. The number of hydrogen-bond donors (Lipinski definition) is 1. The Morgan fingerprint density at radius 2 is 2.09 bits per heavy atom. The van der Waals surface area contributed by atoms with Crippen molar-refractivity contribution < 1.29 is 14.5 Å². The lowest BCUT2D eigenvalue weighted by molar-refractivity contribution is -0.385. The summed E-state index contributed by atoms with van der Waals surface area (Å²) in [4.78, 5) is 24.1. The monoisotopic (exact) mass is 338 g/mol. The first-order valence-corrected chi connectivity index (χ1v) is 8.91. The maximum absolute atomic E-state index is 12.6. The number of carbonyl (C=O) groups is 1. The molecule has 2 rings (SSSR count). The Morgan fingerprint density at radius 1 is 1.39 bits per heavy atom. The van der Waals surface area contributed by atoms with Crippen molar-refractivity contribution in [3.8, 4) is 5.75 Å². The molecule has 1 aliphatic carbocycles. The van der Waals surface area contributed by atoms with Crippen LogP contribution in [0.1, 0.15) is 43.0 Å². The van der Waals surface area contributed by atoms with Gasteiger partial charge in [-0.15, -0.1) is 11.8 Å². The molecule has 1 aromatic rings. The molecule has 0 aliphatic heterocycles. The average Bonchev–Trinajstić information content (AvgIpc) is 2.55. The Morgan fingerprint density at radius 3 is 2.65 bits per heavy atom. The summed E-state index contributed by atoms with van der Waals surface area (Å²) in [5, 5.41) is 14.3. The van der Waals surface area contributed by atoms with E-state index in [1.165, 1.54) is 31.4 Å². The SMILES string of the molecule is COc1cc([N+](=O)[O-])c(C(=O)N[C@@H]2CCCC[C@@H]2C)cc1SC. The van der Waals surface area contributed by atoms with E-state index >= 15 is 0 Å². The number of benzene rings is 1. The minimum absolute atomic E-state index is 0.0793. The van der Waals surface area contributed by atoms with Gasteiger partial charge in [-0.2, -0.15) is 0 Å². The Kier molecular flexibility index (Phi) is 5.87. The predicted molar refractivity (Wildman–Crippen MR) is 90.3 cm³/mol. The number of ether oxygens (including phenoxy) is 1. The van der Waals surface area contributed by atoms with Crippen molar-refractivity contribution in [2.24, 2.45) is 5.92 Å². The van der Waals surface area contributed by atoms with Crippen LogP contribution in [0.4, 0.5) is 5.69 Å². The van der Waals surface area contributed by atoms with Gasteiger partial charge in [-0.1, -0.05) is 19.8 Å². The van der Waals surface area contributed by atoms with Gasteiger partial charge in [0.2, 0.25) is 0 Å². The second-order valence-electron chi connectivity index (χ2n) is 5.82. The predicted octanol–water partition coefficient (Wildman–Crippen LogP) is 3.63. The zero-order valence-corrected chi connectivity index (χ0v) is 14.4. The third kappa shape index (κ3) is 3.96. The van der Waals surface area contributed by atoms with Crippen LogP contribution < -0.4 is 10.1 Å². The molecule has 1 amide bonds. The first-order valence-electron chi connectivity index (χ1n) is 7.69. The lowest BCUT2D eigenvalue weighted by atomic mass is 9.86. The Hall–Kier alpha value is -1.76. The van der Waals surface area contributed by atoms with Gasteiger partial charge in [0.15, 0.2) is 0 Å². The summed E-state index contributed by atoms with van der Waals surface area (Å²) in [6.07, 6.45) is 6.09. The molecular weight excluding hydrogens is 316 g/mol. The van der Waals surface area contributed by atoms with Crippen molar-refractivity contribution in [1.29, 1.82) is 0 Å². The quantitative estimate of drug-likeness (QED) is 0.503. The molecule has 1 saturated carbocycles. The molecule has 7 heteroatoms.